The Morgan fingerprint density at radius 1 is 1.04 bits per heavy atom. The van der Waals surface area contributed by atoms with Crippen molar-refractivity contribution in [3.05, 3.63) is 60.2 Å². The van der Waals surface area contributed by atoms with Crippen LogP contribution in [-0.4, -0.2) is 18.0 Å². The minimum absolute atomic E-state index is 0.0707. The summed E-state index contributed by atoms with van der Waals surface area (Å²) in [5.41, 5.74) is 2.06. The van der Waals surface area contributed by atoms with Crippen molar-refractivity contribution >= 4 is 11.6 Å². The highest BCUT2D eigenvalue weighted by Crippen LogP contribution is 2.19. The van der Waals surface area contributed by atoms with Gasteiger partial charge in [-0.15, -0.1) is 0 Å². The number of hydrogen-bond donors (Lipinski definition) is 2. The van der Waals surface area contributed by atoms with Gasteiger partial charge in [0, 0.05) is 11.7 Å². The molecule has 0 saturated heterocycles. The van der Waals surface area contributed by atoms with Crippen molar-refractivity contribution in [2.45, 2.75) is 57.7 Å². The van der Waals surface area contributed by atoms with Crippen molar-refractivity contribution in [3.63, 3.8) is 0 Å². The third-order valence-electron chi connectivity index (χ3n) is 4.83. The van der Waals surface area contributed by atoms with Crippen LogP contribution in [0.3, 0.4) is 0 Å². The van der Waals surface area contributed by atoms with Crippen LogP contribution < -0.4 is 15.4 Å². The van der Waals surface area contributed by atoms with Gasteiger partial charge >= 0.3 is 0 Å². The van der Waals surface area contributed by atoms with E-state index in [2.05, 4.69) is 10.6 Å². The van der Waals surface area contributed by atoms with E-state index in [9.17, 15) is 4.79 Å². The van der Waals surface area contributed by atoms with Crippen molar-refractivity contribution in [2.24, 2.45) is 0 Å². The molecule has 138 valence electrons. The number of hydrogen-bond acceptors (Lipinski definition) is 3. The molecule has 0 bridgehead atoms. The molecule has 1 aliphatic carbocycles. The van der Waals surface area contributed by atoms with E-state index in [-0.39, 0.29) is 11.9 Å². The summed E-state index contributed by atoms with van der Waals surface area (Å²) < 4.78 is 5.79. The topological polar surface area (TPSA) is 50.4 Å². The lowest BCUT2D eigenvalue weighted by Gasteiger charge is -2.25. The van der Waals surface area contributed by atoms with Gasteiger partial charge in [-0.1, -0.05) is 49.6 Å². The summed E-state index contributed by atoms with van der Waals surface area (Å²) in [6, 6.07) is 17.9. The first-order valence-corrected chi connectivity index (χ1v) is 9.54. The highest BCUT2D eigenvalue weighted by molar-refractivity contribution is 5.84. The Morgan fingerprint density at radius 3 is 2.42 bits per heavy atom. The highest BCUT2D eigenvalue weighted by Gasteiger charge is 2.19. The maximum Gasteiger partial charge on any atom is 0.242 e. The molecule has 26 heavy (non-hydrogen) atoms. The fourth-order valence-corrected chi connectivity index (χ4v) is 3.28. The third kappa shape index (κ3) is 5.51. The average molecular weight is 352 g/mol. The summed E-state index contributed by atoms with van der Waals surface area (Å²) in [4.78, 5) is 12.3. The molecule has 0 aliphatic heterocycles. The summed E-state index contributed by atoms with van der Waals surface area (Å²) in [5, 5.41) is 6.43. The zero-order valence-electron chi connectivity index (χ0n) is 15.4. The normalized spacial score (nSPS) is 15.9. The second-order valence-corrected chi connectivity index (χ2v) is 7.01. The molecule has 3 rings (SSSR count). The standard InChI is InChI=1S/C22H28N2O2/c1-17(22(25)24-19-10-6-3-7-11-19)23-20-12-14-21(15-13-20)26-16-18-8-4-2-5-9-18/h2,4-5,8-9,12-15,17,19,23H,3,6-7,10-11,16H2,1H3,(H,24,25). The van der Waals surface area contributed by atoms with E-state index in [1.54, 1.807) is 0 Å². The predicted octanol–water partition coefficient (Wildman–Crippen LogP) is 4.51. The Labute approximate surface area is 156 Å². The molecule has 0 aromatic heterocycles. The monoisotopic (exact) mass is 352 g/mol. The Balaban J connectivity index is 1.46. The minimum Gasteiger partial charge on any atom is -0.489 e. The number of amides is 1. The molecule has 1 saturated carbocycles. The van der Waals surface area contributed by atoms with Gasteiger partial charge in [0.05, 0.1) is 0 Å². The maximum atomic E-state index is 12.3. The smallest absolute Gasteiger partial charge is 0.242 e. The quantitative estimate of drug-likeness (QED) is 0.770. The van der Waals surface area contributed by atoms with Crippen LogP contribution in [-0.2, 0) is 11.4 Å². The van der Waals surface area contributed by atoms with Crippen LogP contribution >= 0.6 is 0 Å². The largest absolute Gasteiger partial charge is 0.489 e. The Morgan fingerprint density at radius 2 is 1.73 bits per heavy atom. The van der Waals surface area contributed by atoms with Crippen LogP contribution in [0.15, 0.2) is 54.6 Å². The predicted molar refractivity (Wildman–Crippen MR) is 105 cm³/mol. The first-order chi connectivity index (χ1) is 12.7. The highest BCUT2D eigenvalue weighted by atomic mass is 16.5. The molecular weight excluding hydrogens is 324 g/mol. The Hall–Kier alpha value is -2.49. The molecule has 1 unspecified atom stereocenters. The average Bonchev–Trinajstić information content (AvgIpc) is 2.69. The molecule has 0 heterocycles. The summed E-state index contributed by atoms with van der Waals surface area (Å²) >= 11 is 0. The SMILES string of the molecule is CC(Nc1ccc(OCc2ccccc2)cc1)C(=O)NC1CCCCC1. The molecule has 1 fully saturated rings. The van der Waals surface area contributed by atoms with Gasteiger partial charge in [-0.2, -0.15) is 0 Å². The number of carbonyl (C=O) groups excluding carboxylic acids is 1. The van der Waals surface area contributed by atoms with E-state index in [1.807, 2.05) is 61.5 Å². The summed E-state index contributed by atoms with van der Waals surface area (Å²) in [5.74, 6) is 0.889. The van der Waals surface area contributed by atoms with E-state index in [0.717, 1.165) is 29.8 Å². The summed E-state index contributed by atoms with van der Waals surface area (Å²) in [7, 11) is 0. The summed E-state index contributed by atoms with van der Waals surface area (Å²) in [6.07, 6.45) is 5.94. The van der Waals surface area contributed by atoms with Crippen LogP contribution in [0.2, 0.25) is 0 Å². The van der Waals surface area contributed by atoms with Gasteiger partial charge < -0.3 is 15.4 Å². The third-order valence-corrected chi connectivity index (χ3v) is 4.83. The summed E-state index contributed by atoms with van der Waals surface area (Å²) in [6.45, 7) is 2.45. The van der Waals surface area contributed by atoms with Crippen LogP contribution in [0, 0.1) is 0 Å². The van der Waals surface area contributed by atoms with Gasteiger partial charge in [-0.05, 0) is 49.6 Å². The maximum absolute atomic E-state index is 12.3. The number of anilines is 1. The van der Waals surface area contributed by atoms with E-state index in [0.29, 0.717) is 12.6 Å². The number of carbonyl (C=O) groups is 1. The Bertz CT molecular complexity index is 679. The molecule has 4 heteroatoms. The van der Waals surface area contributed by atoms with Crippen molar-refractivity contribution in [1.82, 2.24) is 5.32 Å². The lowest BCUT2D eigenvalue weighted by atomic mass is 9.95. The molecule has 2 N–H and O–H groups in total. The first kappa shape index (κ1) is 18.3. The number of rotatable bonds is 7. The fraction of sp³-hybridized carbons (Fsp3) is 0.409. The molecule has 2 aromatic carbocycles. The molecule has 0 radical (unpaired) electrons. The minimum atomic E-state index is -0.256. The lowest BCUT2D eigenvalue weighted by molar-refractivity contribution is -0.122. The second-order valence-electron chi connectivity index (χ2n) is 7.01. The van der Waals surface area contributed by atoms with Crippen LogP contribution in [0.25, 0.3) is 0 Å². The second kappa shape index (κ2) is 9.27. The number of ether oxygens (including phenoxy) is 1. The molecule has 1 atom stereocenters. The van der Waals surface area contributed by atoms with E-state index in [4.69, 9.17) is 4.74 Å². The zero-order valence-corrected chi connectivity index (χ0v) is 15.4. The lowest BCUT2D eigenvalue weighted by Crippen LogP contribution is -2.43. The van der Waals surface area contributed by atoms with Gasteiger partial charge in [0.2, 0.25) is 5.91 Å². The van der Waals surface area contributed by atoms with E-state index < -0.39 is 0 Å². The molecule has 1 amide bonds. The van der Waals surface area contributed by atoms with Gasteiger partial charge in [-0.3, -0.25) is 4.79 Å². The van der Waals surface area contributed by atoms with Crippen molar-refractivity contribution in [2.75, 3.05) is 5.32 Å². The zero-order chi connectivity index (χ0) is 18.2. The Kier molecular flexibility index (Phi) is 6.53. The van der Waals surface area contributed by atoms with Crippen LogP contribution in [0.5, 0.6) is 5.75 Å². The fourth-order valence-electron chi connectivity index (χ4n) is 3.28. The van der Waals surface area contributed by atoms with Gasteiger partial charge in [-0.25, -0.2) is 0 Å². The van der Waals surface area contributed by atoms with Crippen molar-refractivity contribution in [1.29, 1.82) is 0 Å². The van der Waals surface area contributed by atoms with Crippen LogP contribution in [0.1, 0.15) is 44.6 Å². The number of benzene rings is 2. The van der Waals surface area contributed by atoms with Gasteiger partial charge in [0.1, 0.15) is 18.4 Å². The van der Waals surface area contributed by atoms with Crippen molar-refractivity contribution < 1.29 is 9.53 Å². The van der Waals surface area contributed by atoms with Gasteiger partial charge in [0.15, 0.2) is 0 Å². The molecule has 1 aliphatic rings. The van der Waals surface area contributed by atoms with E-state index in [1.165, 1.54) is 19.3 Å². The molecule has 2 aromatic rings. The molecular formula is C22H28N2O2. The van der Waals surface area contributed by atoms with Crippen LogP contribution in [0.4, 0.5) is 5.69 Å². The molecule has 0 spiro atoms. The first-order valence-electron chi connectivity index (χ1n) is 9.54. The van der Waals surface area contributed by atoms with Crippen molar-refractivity contribution in [3.8, 4) is 5.75 Å². The molecule has 4 nitrogen and oxygen atoms in total. The van der Waals surface area contributed by atoms with E-state index >= 15 is 0 Å². The number of nitrogens with one attached hydrogen (secondary N) is 2. The van der Waals surface area contributed by atoms with Gasteiger partial charge in [0.25, 0.3) is 0 Å².